The monoisotopic (exact) mass is 494 g/mol. The maximum atomic E-state index is 13.8. The van der Waals surface area contributed by atoms with E-state index in [2.05, 4.69) is 5.32 Å². The maximum Gasteiger partial charge on any atom is 0.261 e. The molecule has 5 heteroatoms. The molecule has 1 N–H and O–H groups in total. The number of hydrogen-bond acceptors (Lipinski definition) is 3. The summed E-state index contributed by atoms with van der Waals surface area (Å²) in [6.45, 7) is 4.15. The van der Waals surface area contributed by atoms with E-state index in [1.165, 1.54) is 0 Å². The highest BCUT2D eigenvalue weighted by Crippen LogP contribution is 2.25. The fraction of sp³-hybridized carbons (Fsp3) is 0.250. The normalized spacial score (nSPS) is 12.5. The zero-order valence-electron chi connectivity index (χ0n) is 21.5. The molecule has 0 aliphatic rings. The molecule has 0 aliphatic heterocycles. The van der Waals surface area contributed by atoms with Crippen LogP contribution in [-0.4, -0.2) is 35.4 Å². The van der Waals surface area contributed by atoms with Crippen molar-refractivity contribution in [3.63, 3.8) is 0 Å². The minimum Gasteiger partial charge on any atom is -0.483 e. The minimum absolute atomic E-state index is 0.00591. The smallest absolute Gasteiger partial charge is 0.261 e. The van der Waals surface area contributed by atoms with Crippen LogP contribution in [0.2, 0.25) is 0 Å². The van der Waals surface area contributed by atoms with Crippen LogP contribution in [0, 0.1) is 0 Å². The third kappa shape index (κ3) is 6.98. The van der Waals surface area contributed by atoms with Gasteiger partial charge >= 0.3 is 0 Å². The SMILES string of the molecule is CC[C@H](C)NC(=O)[C@@H](Cc1ccccc1)N(Cc1ccccc1)C(=O)COc1cccc2ccccc12. The van der Waals surface area contributed by atoms with Crippen LogP contribution in [-0.2, 0) is 22.6 Å². The second kappa shape index (κ2) is 12.7. The molecule has 5 nitrogen and oxygen atoms in total. The Hall–Kier alpha value is -4.12. The number of rotatable bonds is 11. The summed E-state index contributed by atoms with van der Waals surface area (Å²) in [5.74, 6) is 0.249. The van der Waals surface area contributed by atoms with Gasteiger partial charge in [0.05, 0.1) is 0 Å². The fourth-order valence-electron chi connectivity index (χ4n) is 4.32. The predicted molar refractivity (Wildman–Crippen MR) is 148 cm³/mol. The number of nitrogens with zero attached hydrogens (tertiary/aromatic N) is 1. The van der Waals surface area contributed by atoms with E-state index in [4.69, 9.17) is 4.74 Å². The van der Waals surface area contributed by atoms with Gasteiger partial charge in [-0.3, -0.25) is 9.59 Å². The first-order chi connectivity index (χ1) is 18.0. The van der Waals surface area contributed by atoms with Crippen LogP contribution >= 0.6 is 0 Å². The standard InChI is InChI=1S/C32H34N2O3/c1-3-24(2)33-32(36)29(21-25-13-6-4-7-14-25)34(22-26-15-8-5-9-16-26)31(35)23-37-30-20-12-18-27-17-10-11-19-28(27)30/h4-20,24,29H,3,21-23H2,1-2H3,(H,33,36)/t24-,29+/m0/s1. The van der Waals surface area contributed by atoms with E-state index < -0.39 is 6.04 Å². The molecule has 0 heterocycles. The number of fused-ring (bicyclic) bond motifs is 1. The van der Waals surface area contributed by atoms with Crippen LogP contribution in [0.15, 0.2) is 103 Å². The summed E-state index contributed by atoms with van der Waals surface area (Å²) in [4.78, 5) is 29.0. The van der Waals surface area contributed by atoms with E-state index >= 15 is 0 Å². The largest absolute Gasteiger partial charge is 0.483 e. The zero-order chi connectivity index (χ0) is 26.0. The van der Waals surface area contributed by atoms with Crippen molar-refractivity contribution in [2.24, 2.45) is 0 Å². The van der Waals surface area contributed by atoms with Gasteiger partial charge in [-0.1, -0.05) is 104 Å². The molecule has 4 aromatic rings. The van der Waals surface area contributed by atoms with Crippen molar-refractivity contribution in [1.29, 1.82) is 0 Å². The van der Waals surface area contributed by atoms with Crippen molar-refractivity contribution in [2.45, 2.75) is 45.3 Å². The van der Waals surface area contributed by atoms with Crippen LogP contribution in [0.25, 0.3) is 10.8 Å². The Bertz CT molecular complexity index is 1300. The quantitative estimate of drug-likeness (QED) is 0.288. The van der Waals surface area contributed by atoms with Crippen molar-refractivity contribution in [1.82, 2.24) is 10.2 Å². The van der Waals surface area contributed by atoms with Gasteiger partial charge in [0.25, 0.3) is 5.91 Å². The molecule has 0 spiro atoms. The van der Waals surface area contributed by atoms with Crippen LogP contribution in [0.1, 0.15) is 31.4 Å². The molecule has 0 saturated carbocycles. The molecule has 4 aromatic carbocycles. The molecule has 4 rings (SSSR count). The van der Waals surface area contributed by atoms with Crippen LogP contribution in [0.4, 0.5) is 0 Å². The summed E-state index contributed by atoms with van der Waals surface area (Å²) in [6.07, 6.45) is 1.22. The first-order valence-corrected chi connectivity index (χ1v) is 12.8. The lowest BCUT2D eigenvalue weighted by molar-refractivity contribution is -0.143. The molecule has 0 unspecified atom stereocenters. The first kappa shape index (κ1) is 26.0. The number of hydrogen-bond donors (Lipinski definition) is 1. The molecule has 190 valence electrons. The van der Waals surface area contributed by atoms with E-state index in [0.29, 0.717) is 18.7 Å². The van der Waals surface area contributed by atoms with Crippen molar-refractivity contribution in [3.8, 4) is 5.75 Å². The third-order valence-corrected chi connectivity index (χ3v) is 6.57. The second-order valence-electron chi connectivity index (χ2n) is 9.30. The van der Waals surface area contributed by atoms with Crippen LogP contribution in [0.3, 0.4) is 0 Å². The average molecular weight is 495 g/mol. The van der Waals surface area contributed by atoms with Crippen LogP contribution < -0.4 is 10.1 Å². The predicted octanol–water partition coefficient (Wildman–Crippen LogP) is 5.77. The number of benzene rings is 4. The number of carbonyl (C=O) groups excluding carboxylic acids is 2. The highest BCUT2D eigenvalue weighted by Gasteiger charge is 2.31. The Labute approximate surface area is 219 Å². The summed E-state index contributed by atoms with van der Waals surface area (Å²) in [7, 11) is 0. The maximum absolute atomic E-state index is 13.8. The van der Waals surface area contributed by atoms with Gasteiger partial charge in [0.1, 0.15) is 11.8 Å². The highest BCUT2D eigenvalue weighted by atomic mass is 16.5. The lowest BCUT2D eigenvalue weighted by atomic mass is 10.0. The minimum atomic E-state index is -0.680. The van der Waals surface area contributed by atoms with Crippen molar-refractivity contribution in [2.75, 3.05) is 6.61 Å². The number of carbonyl (C=O) groups is 2. The lowest BCUT2D eigenvalue weighted by Gasteiger charge is -2.32. The number of ether oxygens (including phenoxy) is 1. The lowest BCUT2D eigenvalue weighted by Crippen LogP contribution is -2.53. The van der Waals surface area contributed by atoms with Crippen molar-refractivity contribution in [3.05, 3.63) is 114 Å². The molecule has 0 bridgehead atoms. The second-order valence-corrected chi connectivity index (χ2v) is 9.30. The Morgan fingerprint density at radius 2 is 1.43 bits per heavy atom. The van der Waals surface area contributed by atoms with Gasteiger partial charge in [-0.15, -0.1) is 0 Å². The molecule has 0 aliphatic carbocycles. The summed E-state index contributed by atoms with van der Waals surface area (Å²) < 4.78 is 6.06. The summed E-state index contributed by atoms with van der Waals surface area (Å²) in [5.41, 5.74) is 1.95. The summed E-state index contributed by atoms with van der Waals surface area (Å²) >= 11 is 0. The molecule has 0 radical (unpaired) electrons. The van der Waals surface area contributed by atoms with E-state index in [1.54, 1.807) is 4.90 Å². The molecular formula is C32H34N2O3. The Balaban J connectivity index is 1.63. The molecular weight excluding hydrogens is 460 g/mol. The van der Waals surface area contributed by atoms with Crippen molar-refractivity contribution < 1.29 is 14.3 Å². The van der Waals surface area contributed by atoms with Gasteiger partial charge in [0.2, 0.25) is 5.91 Å². The average Bonchev–Trinajstić information content (AvgIpc) is 2.94. The van der Waals surface area contributed by atoms with Gasteiger partial charge in [-0.25, -0.2) is 0 Å². The molecule has 0 fully saturated rings. The Morgan fingerprint density at radius 1 is 0.811 bits per heavy atom. The molecule has 0 aromatic heterocycles. The van der Waals surface area contributed by atoms with E-state index in [9.17, 15) is 9.59 Å². The zero-order valence-corrected chi connectivity index (χ0v) is 21.5. The Morgan fingerprint density at radius 3 is 2.14 bits per heavy atom. The fourth-order valence-corrected chi connectivity index (χ4v) is 4.32. The molecule has 37 heavy (non-hydrogen) atoms. The topological polar surface area (TPSA) is 58.6 Å². The van der Waals surface area contributed by atoms with Gasteiger partial charge in [0.15, 0.2) is 6.61 Å². The third-order valence-electron chi connectivity index (χ3n) is 6.57. The van der Waals surface area contributed by atoms with Crippen molar-refractivity contribution >= 4 is 22.6 Å². The number of amides is 2. The Kier molecular flexibility index (Phi) is 8.93. The number of nitrogens with one attached hydrogen (secondary N) is 1. The van der Waals surface area contributed by atoms with Gasteiger partial charge in [0, 0.05) is 24.4 Å². The van der Waals surface area contributed by atoms with Crippen LogP contribution in [0.5, 0.6) is 5.75 Å². The summed E-state index contributed by atoms with van der Waals surface area (Å²) in [6, 6.07) is 32.6. The van der Waals surface area contributed by atoms with Gasteiger partial charge in [-0.05, 0) is 35.9 Å². The van der Waals surface area contributed by atoms with Gasteiger partial charge in [-0.2, -0.15) is 0 Å². The molecule has 0 saturated heterocycles. The first-order valence-electron chi connectivity index (χ1n) is 12.8. The molecule has 2 atom stereocenters. The van der Waals surface area contributed by atoms with E-state index in [-0.39, 0.29) is 24.5 Å². The van der Waals surface area contributed by atoms with Gasteiger partial charge < -0.3 is 15.0 Å². The molecule has 2 amide bonds. The van der Waals surface area contributed by atoms with E-state index in [0.717, 1.165) is 28.3 Å². The summed E-state index contributed by atoms with van der Waals surface area (Å²) in [5, 5.41) is 5.09. The highest BCUT2D eigenvalue weighted by molar-refractivity contribution is 5.90. The van der Waals surface area contributed by atoms with E-state index in [1.807, 2.05) is 117 Å².